The van der Waals surface area contributed by atoms with Gasteiger partial charge in [0.2, 0.25) is 0 Å². The van der Waals surface area contributed by atoms with E-state index in [1.54, 1.807) is 13.3 Å². The Morgan fingerprint density at radius 2 is 2.07 bits per heavy atom. The summed E-state index contributed by atoms with van der Waals surface area (Å²) >= 11 is 0. The highest BCUT2D eigenvalue weighted by Crippen LogP contribution is 2.15. The second-order valence-corrected chi connectivity index (χ2v) is 3.07. The summed E-state index contributed by atoms with van der Waals surface area (Å²) in [6.45, 7) is 0.651. The van der Waals surface area contributed by atoms with Crippen molar-refractivity contribution in [2.24, 2.45) is 0 Å². The molecule has 0 aliphatic carbocycles. The highest BCUT2D eigenvalue weighted by atomic mass is 16.5. The first kappa shape index (κ1) is 8.97. The molecule has 3 nitrogen and oxygen atoms in total. The van der Waals surface area contributed by atoms with Gasteiger partial charge in [0, 0.05) is 25.1 Å². The largest absolute Gasteiger partial charge is 0.380 e. The first-order valence-corrected chi connectivity index (χ1v) is 4.48. The molecule has 0 saturated carbocycles. The van der Waals surface area contributed by atoms with Gasteiger partial charge in [-0.25, -0.2) is 4.98 Å². The van der Waals surface area contributed by atoms with E-state index in [0.717, 1.165) is 11.4 Å². The van der Waals surface area contributed by atoms with Crippen LogP contribution in [0.2, 0.25) is 0 Å². The Kier molecular flexibility index (Phi) is 2.60. The summed E-state index contributed by atoms with van der Waals surface area (Å²) in [6.07, 6.45) is 3.57. The minimum atomic E-state index is 0.651. The van der Waals surface area contributed by atoms with Crippen LogP contribution in [0, 0.1) is 0 Å². The molecule has 2 rings (SSSR count). The fourth-order valence-electron chi connectivity index (χ4n) is 1.35. The maximum Gasteiger partial charge on any atom is 0.137 e. The van der Waals surface area contributed by atoms with Gasteiger partial charge in [0.25, 0.3) is 0 Å². The molecule has 0 unspecified atom stereocenters. The first-order valence-electron chi connectivity index (χ1n) is 4.48. The molecule has 14 heavy (non-hydrogen) atoms. The van der Waals surface area contributed by atoms with Crippen molar-refractivity contribution in [3.8, 4) is 11.4 Å². The van der Waals surface area contributed by atoms with Crippen LogP contribution in [-0.4, -0.2) is 17.1 Å². The zero-order chi connectivity index (χ0) is 9.80. The Morgan fingerprint density at radius 3 is 2.64 bits per heavy atom. The average molecular weight is 188 g/mol. The van der Waals surface area contributed by atoms with Crippen molar-refractivity contribution in [3.05, 3.63) is 42.2 Å². The van der Waals surface area contributed by atoms with E-state index in [1.807, 2.05) is 30.5 Å². The number of imidazole rings is 1. The summed E-state index contributed by atoms with van der Waals surface area (Å²) in [5, 5.41) is 0. The lowest BCUT2D eigenvalue weighted by atomic mass is 10.1. The molecule has 0 bridgehead atoms. The molecule has 1 N–H and O–H groups in total. The Bertz CT molecular complexity index is 378. The van der Waals surface area contributed by atoms with Crippen molar-refractivity contribution in [1.82, 2.24) is 9.97 Å². The summed E-state index contributed by atoms with van der Waals surface area (Å²) in [5.41, 5.74) is 2.26. The van der Waals surface area contributed by atoms with Gasteiger partial charge in [-0.1, -0.05) is 24.3 Å². The van der Waals surface area contributed by atoms with E-state index in [4.69, 9.17) is 4.74 Å². The predicted octanol–water partition coefficient (Wildman–Crippen LogP) is 2.22. The molecule has 0 amide bonds. The van der Waals surface area contributed by atoms with Crippen molar-refractivity contribution >= 4 is 0 Å². The number of ether oxygens (including phenoxy) is 1. The van der Waals surface area contributed by atoms with Gasteiger partial charge < -0.3 is 9.72 Å². The van der Waals surface area contributed by atoms with Gasteiger partial charge >= 0.3 is 0 Å². The van der Waals surface area contributed by atoms with Crippen molar-refractivity contribution in [3.63, 3.8) is 0 Å². The average Bonchev–Trinajstić information content (AvgIpc) is 2.72. The number of nitrogens with one attached hydrogen (secondary N) is 1. The van der Waals surface area contributed by atoms with Crippen LogP contribution >= 0.6 is 0 Å². The zero-order valence-electron chi connectivity index (χ0n) is 8.03. The molecule has 0 aliphatic heterocycles. The predicted molar refractivity (Wildman–Crippen MR) is 54.7 cm³/mol. The van der Waals surface area contributed by atoms with Crippen LogP contribution in [0.3, 0.4) is 0 Å². The molecule has 72 valence electrons. The van der Waals surface area contributed by atoms with E-state index in [0.29, 0.717) is 6.61 Å². The van der Waals surface area contributed by atoms with E-state index in [2.05, 4.69) is 9.97 Å². The number of hydrogen-bond donors (Lipinski definition) is 1. The molecule has 1 aromatic heterocycles. The minimum Gasteiger partial charge on any atom is -0.380 e. The van der Waals surface area contributed by atoms with Gasteiger partial charge in [-0.05, 0) is 5.56 Å². The van der Waals surface area contributed by atoms with E-state index in [9.17, 15) is 0 Å². The molecule has 0 atom stereocenters. The van der Waals surface area contributed by atoms with E-state index < -0.39 is 0 Å². The Morgan fingerprint density at radius 1 is 1.29 bits per heavy atom. The number of aromatic amines is 1. The summed E-state index contributed by atoms with van der Waals surface area (Å²) in [4.78, 5) is 7.24. The SMILES string of the molecule is COCc1ccc(-c2ncc[nH]2)cc1. The molecular weight excluding hydrogens is 176 g/mol. The number of H-pyrrole nitrogens is 1. The first-order chi connectivity index (χ1) is 6.90. The molecular formula is C11H12N2O. The van der Waals surface area contributed by atoms with Crippen LogP contribution in [0.15, 0.2) is 36.7 Å². The van der Waals surface area contributed by atoms with E-state index >= 15 is 0 Å². The summed E-state index contributed by atoms with van der Waals surface area (Å²) in [7, 11) is 1.69. The van der Waals surface area contributed by atoms with E-state index in [-0.39, 0.29) is 0 Å². The number of rotatable bonds is 3. The zero-order valence-corrected chi connectivity index (χ0v) is 8.03. The third-order valence-corrected chi connectivity index (χ3v) is 2.04. The molecule has 0 aliphatic rings. The molecule has 0 saturated heterocycles. The van der Waals surface area contributed by atoms with Crippen molar-refractivity contribution in [2.45, 2.75) is 6.61 Å². The molecule has 0 spiro atoms. The Hall–Kier alpha value is -1.61. The van der Waals surface area contributed by atoms with Crippen molar-refractivity contribution in [2.75, 3.05) is 7.11 Å². The normalized spacial score (nSPS) is 10.4. The number of methoxy groups -OCH3 is 1. The smallest absolute Gasteiger partial charge is 0.137 e. The highest BCUT2D eigenvalue weighted by Gasteiger charge is 1.98. The number of nitrogens with zero attached hydrogens (tertiary/aromatic N) is 1. The Balaban J connectivity index is 2.22. The monoisotopic (exact) mass is 188 g/mol. The molecule has 0 fully saturated rings. The van der Waals surface area contributed by atoms with Gasteiger partial charge in [0.1, 0.15) is 5.82 Å². The van der Waals surface area contributed by atoms with Gasteiger partial charge in [-0.2, -0.15) is 0 Å². The minimum absolute atomic E-state index is 0.651. The maximum absolute atomic E-state index is 5.04. The van der Waals surface area contributed by atoms with Crippen LogP contribution in [0.1, 0.15) is 5.56 Å². The third-order valence-electron chi connectivity index (χ3n) is 2.04. The van der Waals surface area contributed by atoms with Crippen LogP contribution in [0.4, 0.5) is 0 Å². The standard InChI is InChI=1S/C11H12N2O/c1-14-8-9-2-4-10(5-3-9)11-12-6-7-13-11/h2-7H,8H2,1H3,(H,12,13). The quantitative estimate of drug-likeness (QED) is 0.802. The van der Waals surface area contributed by atoms with Crippen LogP contribution in [-0.2, 0) is 11.3 Å². The summed E-state index contributed by atoms with van der Waals surface area (Å²) in [5.74, 6) is 0.897. The second-order valence-electron chi connectivity index (χ2n) is 3.07. The van der Waals surface area contributed by atoms with Gasteiger partial charge in [0.15, 0.2) is 0 Å². The second kappa shape index (κ2) is 4.07. The maximum atomic E-state index is 5.04. The molecule has 0 radical (unpaired) electrons. The topological polar surface area (TPSA) is 37.9 Å². The number of aromatic nitrogens is 2. The number of hydrogen-bond acceptors (Lipinski definition) is 2. The lowest BCUT2D eigenvalue weighted by Gasteiger charge is -2.00. The van der Waals surface area contributed by atoms with Crippen molar-refractivity contribution < 1.29 is 4.74 Å². The lowest BCUT2D eigenvalue weighted by molar-refractivity contribution is 0.185. The molecule has 1 heterocycles. The molecule has 3 heteroatoms. The number of benzene rings is 1. The van der Waals surface area contributed by atoms with Gasteiger partial charge in [0.05, 0.1) is 6.61 Å². The van der Waals surface area contributed by atoms with Crippen LogP contribution < -0.4 is 0 Å². The molecule has 2 aromatic rings. The fourth-order valence-corrected chi connectivity index (χ4v) is 1.35. The van der Waals surface area contributed by atoms with E-state index in [1.165, 1.54) is 5.56 Å². The van der Waals surface area contributed by atoms with Crippen molar-refractivity contribution in [1.29, 1.82) is 0 Å². The highest BCUT2D eigenvalue weighted by molar-refractivity contribution is 5.54. The van der Waals surface area contributed by atoms with Crippen LogP contribution in [0.25, 0.3) is 11.4 Å². The fraction of sp³-hybridized carbons (Fsp3) is 0.182. The molecule has 1 aromatic carbocycles. The van der Waals surface area contributed by atoms with Crippen LogP contribution in [0.5, 0.6) is 0 Å². The summed E-state index contributed by atoms with van der Waals surface area (Å²) in [6, 6.07) is 8.16. The third kappa shape index (κ3) is 1.83. The lowest BCUT2D eigenvalue weighted by Crippen LogP contribution is -1.87. The summed E-state index contributed by atoms with van der Waals surface area (Å²) < 4.78 is 5.04. The Labute approximate surface area is 82.8 Å². The van der Waals surface area contributed by atoms with Gasteiger partial charge in [-0.15, -0.1) is 0 Å². The van der Waals surface area contributed by atoms with Gasteiger partial charge in [-0.3, -0.25) is 0 Å².